The molecular formula is C13H16N2O3S2. The summed E-state index contributed by atoms with van der Waals surface area (Å²) in [6, 6.07) is 1.79. The Bertz CT molecular complexity index is 698. The van der Waals surface area contributed by atoms with Crippen LogP contribution in [0.3, 0.4) is 0 Å². The number of nitrogens with zero attached hydrogens (tertiary/aromatic N) is 2. The Balaban J connectivity index is 2.53. The molecular weight excluding hydrogens is 296 g/mol. The number of thioether (sulfide) groups is 1. The molecule has 0 bridgehead atoms. The lowest BCUT2D eigenvalue weighted by Gasteiger charge is -2.21. The van der Waals surface area contributed by atoms with Gasteiger partial charge in [0.25, 0.3) is 5.56 Å². The average Bonchev–Trinajstić information content (AvgIpc) is 2.77. The number of carboxylic acids is 1. The van der Waals surface area contributed by atoms with Crippen LogP contribution in [-0.2, 0) is 11.3 Å². The van der Waals surface area contributed by atoms with Crippen LogP contribution < -0.4 is 5.56 Å². The summed E-state index contributed by atoms with van der Waals surface area (Å²) in [5, 5.41) is 11.1. The van der Waals surface area contributed by atoms with Gasteiger partial charge in [-0.05, 0) is 16.9 Å². The lowest BCUT2D eigenvalue weighted by atomic mass is 9.97. The summed E-state index contributed by atoms with van der Waals surface area (Å²) in [4.78, 5) is 27.7. The maximum absolute atomic E-state index is 12.5. The van der Waals surface area contributed by atoms with Gasteiger partial charge in [-0.25, -0.2) is 4.98 Å². The number of hydrogen-bond acceptors (Lipinski definition) is 5. The summed E-state index contributed by atoms with van der Waals surface area (Å²) in [5.74, 6) is -1.02. The zero-order valence-corrected chi connectivity index (χ0v) is 13.2. The molecule has 0 amide bonds. The molecule has 7 heteroatoms. The first kappa shape index (κ1) is 15.1. The summed E-state index contributed by atoms with van der Waals surface area (Å²) >= 11 is 2.45. The van der Waals surface area contributed by atoms with E-state index in [0.717, 1.165) is 11.8 Å². The van der Waals surface area contributed by atoms with Gasteiger partial charge >= 0.3 is 5.97 Å². The van der Waals surface area contributed by atoms with Crippen molar-refractivity contribution in [3.63, 3.8) is 0 Å². The van der Waals surface area contributed by atoms with Gasteiger partial charge in [-0.15, -0.1) is 11.3 Å². The molecule has 5 nitrogen and oxygen atoms in total. The highest BCUT2D eigenvalue weighted by atomic mass is 32.2. The Kier molecular flexibility index (Phi) is 4.19. The van der Waals surface area contributed by atoms with Crippen molar-refractivity contribution in [3.8, 4) is 0 Å². The molecule has 2 aromatic heterocycles. The van der Waals surface area contributed by atoms with Crippen LogP contribution in [0.15, 0.2) is 21.4 Å². The molecule has 0 aliphatic carbocycles. The molecule has 0 aliphatic rings. The van der Waals surface area contributed by atoms with Gasteiger partial charge in [0.15, 0.2) is 5.16 Å². The van der Waals surface area contributed by atoms with E-state index in [9.17, 15) is 9.59 Å². The number of aliphatic carboxylic acids is 1. The largest absolute Gasteiger partial charge is 0.481 e. The Morgan fingerprint density at radius 3 is 2.80 bits per heavy atom. The van der Waals surface area contributed by atoms with Gasteiger partial charge in [-0.3, -0.25) is 14.2 Å². The Hall–Kier alpha value is -1.34. The van der Waals surface area contributed by atoms with Gasteiger partial charge in [0, 0.05) is 6.54 Å². The standard InChI is InChI=1S/C13H16N2O3S2/c1-13(2,3)7-15-11(18)10-8(4-5-19-10)14-12(15)20-6-9(16)17/h4-5H,6-7H2,1-3H3,(H,16,17). The fraction of sp³-hybridized carbons (Fsp3) is 0.462. The molecule has 2 rings (SSSR count). The smallest absolute Gasteiger partial charge is 0.313 e. The third-order valence-corrected chi connectivity index (χ3v) is 4.34. The topological polar surface area (TPSA) is 72.2 Å². The lowest BCUT2D eigenvalue weighted by molar-refractivity contribution is -0.133. The third-order valence-electron chi connectivity index (χ3n) is 2.49. The number of hydrogen-bond donors (Lipinski definition) is 1. The minimum atomic E-state index is -0.919. The number of carbonyl (C=O) groups is 1. The van der Waals surface area contributed by atoms with E-state index in [4.69, 9.17) is 5.11 Å². The molecule has 0 atom stereocenters. The Labute approximate surface area is 124 Å². The van der Waals surface area contributed by atoms with Crippen LogP contribution in [-0.4, -0.2) is 26.4 Å². The van der Waals surface area contributed by atoms with Crippen LogP contribution in [0.5, 0.6) is 0 Å². The van der Waals surface area contributed by atoms with Crippen molar-refractivity contribution in [3.05, 3.63) is 21.8 Å². The maximum atomic E-state index is 12.5. The summed E-state index contributed by atoms with van der Waals surface area (Å²) < 4.78 is 2.21. The van der Waals surface area contributed by atoms with Crippen LogP contribution in [0.25, 0.3) is 10.2 Å². The first-order chi connectivity index (χ1) is 9.28. The molecule has 2 heterocycles. The fourth-order valence-corrected chi connectivity index (χ4v) is 3.27. The Morgan fingerprint density at radius 1 is 1.50 bits per heavy atom. The summed E-state index contributed by atoms with van der Waals surface area (Å²) in [7, 11) is 0. The average molecular weight is 312 g/mol. The molecule has 0 radical (unpaired) electrons. The Morgan fingerprint density at radius 2 is 2.20 bits per heavy atom. The zero-order valence-electron chi connectivity index (χ0n) is 11.5. The van der Waals surface area contributed by atoms with Crippen molar-refractivity contribution < 1.29 is 9.90 Å². The van der Waals surface area contributed by atoms with E-state index in [0.29, 0.717) is 21.9 Å². The summed E-state index contributed by atoms with van der Waals surface area (Å²) in [6.07, 6.45) is 0. The molecule has 0 fully saturated rings. The van der Waals surface area contributed by atoms with Crippen molar-refractivity contribution >= 4 is 39.3 Å². The second-order valence-corrected chi connectivity index (χ2v) is 7.52. The normalized spacial score (nSPS) is 11.9. The van der Waals surface area contributed by atoms with Gasteiger partial charge in [-0.1, -0.05) is 32.5 Å². The second-order valence-electron chi connectivity index (χ2n) is 5.66. The van der Waals surface area contributed by atoms with Crippen LogP contribution >= 0.6 is 23.1 Å². The quantitative estimate of drug-likeness (QED) is 0.694. The highest BCUT2D eigenvalue weighted by Crippen LogP contribution is 2.24. The number of carboxylic acid groups (broad SMARTS) is 1. The molecule has 0 aliphatic heterocycles. The van der Waals surface area contributed by atoms with Crippen LogP contribution in [0.2, 0.25) is 0 Å². The summed E-state index contributed by atoms with van der Waals surface area (Å²) in [6.45, 7) is 6.60. The van der Waals surface area contributed by atoms with Gasteiger partial charge in [0.05, 0.1) is 11.3 Å². The van der Waals surface area contributed by atoms with E-state index < -0.39 is 5.97 Å². The minimum absolute atomic E-state index is 0.0883. The van der Waals surface area contributed by atoms with Gasteiger partial charge in [0.1, 0.15) is 4.70 Å². The predicted octanol–water partition coefficient (Wildman–Crippen LogP) is 2.68. The molecule has 1 N–H and O–H groups in total. The highest BCUT2D eigenvalue weighted by Gasteiger charge is 2.19. The number of rotatable bonds is 4. The van der Waals surface area contributed by atoms with Crippen LogP contribution in [0.4, 0.5) is 0 Å². The minimum Gasteiger partial charge on any atom is -0.481 e. The third kappa shape index (κ3) is 3.40. The monoisotopic (exact) mass is 312 g/mol. The zero-order chi connectivity index (χ0) is 14.9. The molecule has 0 saturated heterocycles. The number of aromatic nitrogens is 2. The molecule has 0 saturated carbocycles. The molecule has 2 aromatic rings. The first-order valence-electron chi connectivity index (χ1n) is 6.10. The molecule has 0 unspecified atom stereocenters. The number of fused-ring (bicyclic) bond motifs is 1. The van der Waals surface area contributed by atoms with Gasteiger partial charge < -0.3 is 5.11 Å². The lowest BCUT2D eigenvalue weighted by Crippen LogP contribution is -2.28. The first-order valence-corrected chi connectivity index (χ1v) is 7.97. The highest BCUT2D eigenvalue weighted by molar-refractivity contribution is 7.99. The molecule has 20 heavy (non-hydrogen) atoms. The van der Waals surface area contributed by atoms with Crippen molar-refractivity contribution in [2.45, 2.75) is 32.5 Å². The van der Waals surface area contributed by atoms with Gasteiger partial charge in [-0.2, -0.15) is 0 Å². The molecule has 0 spiro atoms. The van der Waals surface area contributed by atoms with E-state index in [1.165, 1.54) is 11.3 Å². The van der Waals surface area contributed by atoms with Crippen LogP contribution in [0, 0.1) is 5.41 Å². The van der Waals surface area contributed by atoms with E-state index in [2.05, 4.69) is 4.98 Å². The molecule has 0 aromatic carbocycles. The predicted molar refractivity (Wildman–Crippen MR) is 81.7 cm³/mol. The maximum Gasteiger partial charge on any atom is 0.313 e. The SMILES string of the molecule is CC(C)(C)Cn1c(SCC(=O)O)nc2ccsc2c1=O. The van der Waals surface area contributed by atoms with Crippen molar-refractivity contribution in [1.29, 1.82) is 0 Å². The van der Waals surface area contributed by atoms with Gasteiger partial charge in [0.2, 0.25) is 0 Å². The number of thiophene rings is 1. The van der Waals surface area contributed by atoms with Crippen molar-refractivity contribution in [2.24, 2.45) is 5.41 Å². The van der Waals surface area contributed by atoms with Crippen molar-refractivity contribution in [2.75, 3.05) is 5.75 Å². The van der Waals surface area contributed by atoms with Crippen LogP contribution in [0.1, 0.15) is 20.8 Å². The van der Waals surface area contributed by atoms with E-state index in [1.54, 1.807) is 10.6 Å². The van der Waals surface area contributed by atoms with E-state index in [-0.39, 0.29) is 16.7 Å². The van der Waals surface area contributed by atoms with E-state index >= 15 is 0 Å². The van der Waals surface area contributed by atoms with E-state index in [1.807, 2.05) is 26.2 Å². The fourth-order valence-electron chi connectivity index (χ4n) is 1.77. The second kappa shape index (κ2) is 5.57. The summed E-state index contributed by atoms with van der Waals surface area (Å²) in [5.41, 5.74) is 0.459. The molecule has 108 valence electrons. The van der Waals surface area contributed by atoms with Crippen molar-refractivity contribution in [1.82, 2.24) is 9.55 Å².